The fourth-order valence-corrected chi connectivity index (χ4v) is 3.60. The van der Waals surface area contributed by atoms with Crippen molar-refractivity contribution in [2.24, 2.45) is 0 Å². The summed E-state index contributed by atoms with van der Waals surface area (Å²) in [6.07, 6.45) is 0.719. The molecule has 0 aliphatic heterocycles. The minimum Gasteiger partial charge on any atom is -0.263 e. The summed E-state index contributed by atoms with van der Waals surface area (Å²) in [7, 11) is -3.81. The predicted molar refractivity (Wildman–Crippen MR) is 85.6 cm³/mol. The molecule has 0 bridgehead atoms. The van der Waals surface area contributed by atoms with E-state index < -0.39 is 10.0 Å². The normalized spacial score (nSPS) is 11.4. The van der Waals surface area contributed by atoms with Gasteiger partial charge >= 0.3 is 0 Å². The molecule has 1 N–H and O–H groups in total. The maximum absolute atomic E-state index is 12.4. The molecule has 0 saturated carbocycles. The first-order valence-corrected chi connectivity index (χ1v) is 8.52. The topological polar surface area (TPSA) is 59.1 Å². The molecule has 1 heterocycles. The molecule has 0 fully saturated rings. The number of halogens is 2. The molecular formula is C14H14Cl2N2O2S. The molecule has 21 heavy (non-hydrogen) atoms. The lowest BCUT2D eigenvalue weighted by Crippen LogP contribution is -2.15. The third-order valence-electron chi connectivity index (χ3n) is 2.91. The van der Waals surface area contributed by atoms with Crippen LogP contribution in [0.2, 0.25) is 10.0 Å². The number of anilines is 1. The first kappa shape index (κ1) is 16.1. The highest BCUT2D eigenvalue weighted by molar-refractivity contribution is 7.92. The second-order valence-electron chi connectivity index (χ2n) is 4.51. The van der Waals surface area contributed by atoms with Crippen LogP contribution >= 0.6 is 23.2 Å². The SMILES string of the molecule is CCc1cccc(NS(=O)(=O)c2cc(C)c(Cl)cc2Cl)n1. The van der Waals surface area contributed by atoms with Crippen molar-refractivity contribution in [1.29, 1.82) is 0 Å². The Morgan fingerprint density at radius 2 is 1.90 bits per heavy atom. The standard InChI is InChI=1S/C14H14Cl2N2O2S/c1-3-10-5-4-6-14(17-10)18-21(19,20)13-7-9(2)11(15)8-12(13)16/h4-8H,3H2,1-2H3,(H,17,18). The lowest BCUT2D eigenvalue weighted by molar-refractivity contribution is 0.601. The summed E-state index contributed by atoms with van der Waals surface area (Å²) in [5.74, 6) is 0.262. The van der Waals surface area contributed by atoms with E-state index in [1.54, 1.807) is 19.1 Å². The highest BCUT2D eigenvalue weighted by Gasteiger charge is 2.20. The van der Waals surface area contributed by atoms with Crippen LogP contribution in [0.25, 0.3) is 0 Å². The summed E-state index contributed by atoms with van der Waals surface area (Å²) >= 11 is 11.9. The van der Waals surface area contributed by atoms with Crippen molar-refractivity contribution < 1.29 is 8.42 Å². The second-order valence-corrected chi connectivity index (χ2v) is 6.97. The molecular weight excluding hydrogens is 331 g/mol. The number of sulfonamides is 1. The molecule has 0 saturated heterocycles. The zero-order chi connectivity index (χ0) is 15.6. The van der Waals surface area contributed by atoms with Gasteiger partial charge in [-0.05, 0) is 43.2 Å². The van der Waals surface area contributed by atoms with Crippen molar-refractivity contribution in [3.05, 3.63) is 51.6 Å². The lowest BCUT2D eigenvalue weighted by Gasteiger charge is -2.11. The maximum Gasteiger partial charge on any atom is 0.264 e. The van der Waals surface area contributed by atoms with Crippen LogP contribution in [0.15, 0.2) is 35.2 Å². The Labute approximate surface area is 134 Å². The van der Waals surface area contributed by atoms with E-state index in [1.165, 1.54) is 12.1 Å². The van der Waals surface area contributed by atoms with Gasteiger partial charge in [0.15, 0.2) is 0 Å². The smallest absolute Gasteiger partial charge is 0.263 e. The number of aryl methyl sites for hydroxylation is 2. The van der Waals surface area contributed by atoms with Crippen molar-refractivity contribution in [2.75, 3.05) is 4.72 Å². The Morgan fingerprint density at radius 1 is 1.19 bits per heavy atom. The van der Waals surface area contributed by atoms with E-state index in [-0.39, 0.29) is 15.7 Å². The molecule has 0 spiro atoms. The van der Waals surface area contributed by atoms with Gasteiger partial charge in [-0.25, -0.2) is 13.4 Å². The third-order valence-corrected chi connectivity index (χ3v) is 5.14. The molecule has 0 unspecified atom stereocenters. The average molecular weight is 345 g/mol. The highest BCUT2D eigenvalue weighted by Crippen LogP contribution is 2.29. The summed E-state index contributed by atoms with van der Waals surface area (Å²) in [5.41, 5.74) is 1.44. The van der Waals surface area contributed by atoms with Crippen LogP contribution in [0.3, 0.4) is 0 Å². The predicted octanol–water partition coefficient (Wildman–Crippen LogP) is 4.06. The van der Waals surface area contributed by atoms with E-state index in [9.17, 15) is 8.42 Å². The Bertz CT molecular complexity index is 777. The molecule has 112 valence electrons. The second kappa shape index (κ2) is 6.22. The van der Waals surface area contributed by atoms with E-state index in [0.717, 1.165) is 12.1 Å². The largest absolute Gasteiger partial charge is 0.264 e. The summed E-state index contributed by atoms with van der Waals surface area (Å²) in [4.78, 5) is 4.19. The molecule has 1 aromatic carbocycles. The van der Waals surface area contributed by atoms with E-state index in [2.05, 4.69) is 9.71 Å². The van der Waals surface area contributed by atoms with Crippen molar-refractivity contribution in [2.45, 2.75) is 25.2 Å². The van der Waals surface area contributed by atoms with Gasteiger partial charge in [0.25, 0.3) is 10.0 Å². The summed E-state index contributed by atoms with van der Waals surface area (Å²) in [6.45, 7) is 3.66. The van der Waals surface area contributed by atoms with Crippen molar-refractivity contribution in [1.82, 2.24) is 4.98 Å². The van der Waals surface area contributed by atoms with Crippen LogP contribution in [-0.2, 0) is 16.4 Å². The molecule has 0 aliphatic rings. The summed E-state index contributed by atoms with van der Waals surface area (Å²) in [6, 6.07) is 8.03. The molecule has 1 aromatic heterocycles. The van der Waals surface area contributed by atoms with Crippen LogP contribution in [0.4, 0.5) is 5.82 Å². The number of nitrogens with one attached hydrogen (secondary N) is 1. The number of pyridine rings is 1. The highest BCUT2D eigenvalue weighted by atomic mass is 35.5. The molecule has 2 aromatic rings. The fraction of sp³-hybridized carbons (Fsp3) is 0.214. The van der Waals surface area contributed by atoms with Gasteiger partial charge in [-0.1, -0.05) is 36.2 Å². The number of hydrogen-bond donors (Lipinski definition) is 1. The quantitative estimate of drug-likeness (QED) is 0.909. The first-order valence-electron chi connectivity index (χ1n) is 6.28. The Morgan fingerprint density at radius 3 is 2.57 bits per heavy atom. The van der Waals surface area contributed by atoms with Gasteiger partial charge in [-0.2, -0.15) is 0 Å². The third kappa shape index (κ3) is 3.67. The lowest BCUT2D eigenvalue weighted by atomic mass is 10.2. The van der Waals surface area contributed by atoms with Crippen molar-refractivity contribution in [3.63, 3.8) is 0 Å². The Hall–Kier alpha value is -1.30. The fourth-order valence-electron chi connectivity index (χ4n) is 1.76. The molecule has 2 rings (SSSR count). The minimum atomic E-state index is -3.81. The van der Waals surface area contributed by atoms with Crippen molar-refractivity contribution >= 4 is 39.0 Å². The molecule has 0 aliphatic carbocycles. The van der Waals surface area contributed by atoms with Gasteiger partial charge in [-0.15, -0.1) is 0 Å². The van der Waals surface area contributed by atoms with E-state index in [4.69, 9.17) is 23.2 Å². The number of hydrogen-bond acceptors (Lipinski definition) is 3. The van der Waals surface area contributed by atoms with E-state index in [1.807, 2.05) is 13.0 Å². The van der Waals surface area contributed by atoms with Crippen LogP contribution in [0.5, 0.6) is 0 Å². The minimum absolute atomic E-state index is 0.0187. The van der Waals surface area contributed by atoms with Crippen LogP contribution in [-0.4, -0.2) is 13.4 Å². The molecule has 0 radical (unpaired) electrons. The van der Waals surface area contributed by atoms with E-state index in [0.29, 0.717) is 10.6 Å². The summed E-state index contributed by atoms with van der Waals surface area (Å²) in [5, 5.41) is 0.495. The number of rotatable bonds is 4. The molecule has 0 amide bonds. The van der Waals surface area contributed by atoms with Crippen molar-refractivity contribution in [3.8, 4) is 0 Å². The Balaban J connectivity index is 2.40. The number of aromatic nitrogens is 1. The zero-order valence-corrected chi connectivity index (χ0v) is 13.9. The van der Waals surface area contributed by atoms with Crippen LogP contribution in [0.1, 0.15) is 18.2 Å². The molecule has 4 nitrogen and oxygen atoms in total. The van der Waals surface area contributed by atoms with Crippen LogP contribution < -0.4 is 4.72 Å². The number of nitrogens with zero attached hydrogens (tertiary/aromatic N) is 1. The average Bonchev–Trinajstić information content (AvgIpc) is 2.42. The van der Waals surface area contributed by atoms with Gasteiger partial charge in [0, 0.05) is 10.7 Å². The van der Waals surface area contributed by atoms with E-state index >= 15 is 0 Å². The van der Waals surface area contributed by atoms with Gasteiger partial charge in [-0.3, -0.25) is 4.72 Å². The summed E-state index contributed by atoms with van der Waals surface area (Å²) < 4.78 is 27.2. The molecule has 7 heteroatoms. The van der Waals surface area contributed by atoms with Gasteiger partial charge < -0.3 is 0 Å². The van der Waals surface area contributed by atoms with Gasteiger partial charge in [0.2, 0.25) is 0 Å². The van der Waals surface area contributed by atoms with Crippen LogP contribution in [0, 0.1) is 6.92 Å². The zero-order valence-electron chi connectivity index (χ0n) is 11.5. The number of benzene rings is 1. The molecule has 0 atom stereocenters. The Kier molecular flexibility index (Phi) is 4.76. The van der Waals surface area contributed by atoms with Gasteiger partial charge in [0.05, 0.1) is 5.02 Å². The van der Waals surface area contributed by atoms with Gasteiger partial charge in [0.1, 0.15) is 10.7 Å². The first-order chi connectivity index (χ1) is 9.83. The monoisotopic (exact) mass is 344 g/mol. The maximum atomic E-state index is 12.4.